The number of likely N-dealkylation sites (N-methyl/N-ethyl adjacent to an activating group) is 1. The lowest BCUT2D eigenvalue weighted by Crippen LogP contribution is -2.55. The van der Waals surface area contributed by atoms with Crippen molar-refractivity contribution in [3.8, 4) is 5.88 Å². The van der Waals surface area contributed by atoms with Crippen molar-refractivity contribution in [2.75, 3.05) is 55.9 Å². The molecule has 3 heterocycles. The summed E-state index contributed by atoms with van der Waals surface area (Å²) in [7, 11) is 3.60. The third-order valence-electron chi connectivity index (χ3n) is 6.57. The SMILES string of the molecule is COc1cc(N2CCC=C(c3c(F)cc(N4C[C@@H](C)N(C)[C@@H](C)C4)c(N)c3F)C2)ncn1. The van der Waals surface area contributed by atoms with Crippen LogP contribution in [0.25, 0.3) is 5.57 Å². The highest BCUT2D eigenvalue weighted by atomic mass is 19.1. The van der Waals surface area contributed by atoms with Gasteiger partial charge in [0.1, 0.15) is 18.0 Å². The average Bonchev–Trinajstić information content (AvgIpc) is 2.80. The van der Waals surface area contributed by atoms with Crippen molar-refractivity contribution < 1.29 is 13.5 Å². The maximum Gasteiger partial charge on any atom is 0.218 e. The van der Waals surface area contributed by atoms with Gasteiger partial charge in [-0.05, 0) is 32.9 Å². The van der Waals surface area contributed by atoms with Crippen molar-refractivity contribution in [2.24, 2.45) is 0 Å². The van der Waals surface area contributed by atoms with Gasteiger partial charge in [-0.3, -0.25) is 4.90 Å². The van der Waals surface area contributed by atoms with Crippen molar-refractivity contribution in [1.82, 2.24) is 14.9 Å². The molecule has 2 aliphatic rings. The first-order valence-corrected chi connectivity index (χ1v) is 10.8. The van der Waals surface area contributed by atoms with Crippen molar-refractivity contribution in [3.05, 3.63) is 41.7 Å². The topological polar surface area (TPSA) is 70.8 Å². The molecule has 0 unspecified atom stereocenters. The Labute approximate surface area is 187 Å². The van der Waals surface area contributed by atoms with Gasteiger partial charge in [0.2, 0.25) is 5.88 Å². The van der Waals surface area contributed by atoms with Gasteiger partial charge in [0.15, 0.2) is 5.82 Å². The van der Waals surface area contributed by atoms with Crippen LogP contribution in [0.2, 0.25) is 0 Å². The molecular formula is C23H30F2N6O. The first-order valence-electron chi connectivity index (χ1n) is 10.8. The zero-order valence-electron chi connectivity index (χ0n) is 19.0. The number of hydrogen-bond donors (Lipinski definition) is 1. The van der Waals surface area contributed by atoms with E-state index in [1.54, 1.807) is 6.07 Å². The Kier molecular flexibility index (Phi) is 6.19. The molecule has 0 aliphatic carbocycles. The van der Waals surface area contributed by atoms with Crippen LogP contribution in [0.3, 0.4) is 0 Å². The number of halogens is 2. The molecule has 0 radical (unpaired) electrons. The first kappa shape index (κ1) is 22.3. The molecule has 1 aromatic heterocycles. The highest BCUT2D eigenvalue weighted by Gasteiger charge is 2.30. The van der Waals surface area contributed by atoms with Crippen molar-refractivity contribution >= 4 is 22.8 Å². The second kappa shape index (κ2) is 8.90. The quantitative estimate of drug-likeness (QED) is 0.727. The zero-order valence-corrected chi connectivity index (χ0v) is 19.0. The molecule has 0 bridgehead atoms. The molecule has 2 aliphatic heterocycles. The molecule has 2 aromatic rings. The first-order chi connectivity index (χ1) is 15.3. The molecule has 1 fully saturated rings. The normalized spacial score (nSPS) is 22.1. The van der Waals surface area contributed by atoms with Crippen LogP contribution in [0.1, 0.15) is 25.8 Å². The molecule has 2 atom stereocenters. The van der Waals surface area contributed by atoms with Gasteiger partial charge in [0.25, 0.3) is 0 Å². The zero-order chi connectivity index (χ0) is 23.0. The minimum atomic E-state index is -0.701. The van der Waals surface area contributed by atoms with Crippen LogP contribution in [0.4, 0.5) is 26.0 Å². The molecule has 2 N–H and O–H groups in total. The number of anilines is 3. The lowest BCUT2D eigenvalue weighted by atomic mass is 9.97. The highest BCUT2D eigenvalue weighted by Crippen LogP contribution is 2.37. The number of ether oxygens (including phenoxy) is 1. The molecule has 172 valence electrons. The monoisotopic (exact) mass is 444 g/mol. The van der Waals surface area contributed by atoms with E-state index in [0.29, 0.717) is 55.6 Å². The number of hydrogen-bond acceptors (Lipinski definition) is 7. The maximum absolute atomic E-state index is 15.5. The van der Waals surface area contributed by atoms with Crippen molar-refractivity contribution in [1.29, 1.82) is 0 Å². The summed E-state index contributed by atoms with van der Waals surface area (Å²) in [5, 5.41) is 0. The Morgan fingerprint density at radius 1 is 1.09 bits per heavy atom. The van der Waals surface area contributed by atoms with E-state index >= 15 is 8.78 Å². The number of benzene rings is 1. The van der Waals surface area contributed by atoms with Crippen molar-refractivity contribution in [3.63, 3.8) is 0 Å². The molecule has 1 aromatic carbocycles. The van der Waals surface area contributed by atoms with Gasteiger partial charge in [-0.15, -0.1) is 0 Å². The van der Waals surface area contributed by atoms with Gasteiger partial charge >= 0.3 is 0 Å². The van der Waals surface area contributed by atoms with Crippen LogP contribution in [0, 0.1) is 11.6 Å². The minimum Gasteiger partial charge on any atom is -0.481 e. The van der Waals surface area contributed by atoms with E-state index in [2.05, 4.69) is 35.8 Å². The van der Waals surface area contributed by atoms with E-state index in [1.807, 2.05) is 15.9 Å². The summed E-state index contributed by atoms with van der Waals surface area (Å²) in [5.74, 6) is -0.215. The van der Waals surface area contributed by atoms with Gasteiger partial charge < -0.3 is 20.3 Å². The highest BCUT2D eigenvalue weighted by molar-refractivity contribution is 5.79. The summed E-state index contributed by atoms with van der Waals surface area (Å²) in [6.07, 6.45) is 3.92. The van der Waals surface area contributed by atoms with E-state index < -0.39 is 11.6 Å². The largest absolute Gasteiger partial charge is 0.481 e. The van der Waals surface area contributed by atoms with E-state index in [0.717, 1.165) is 0 Å². The summed E-state index contributed by atoms with van der Waals surface area (Å²) in [6, 6.07) is 3.60. The number of methoxy groups -OCH3 is 1. The van der Waals surface area contributed by atoms with E-state index in [4.69, 9.17) is 10.5 Å². The van der Waals surface area contributed by atoms with Crippen LogP contribution >= 0.6 is 0 Å². The summed E-state index contributed by atoms with van der Waals surface area (Å²) < 4.78 is 36.0. The van der Waals surface area contributed by atoms with Crippen LogP contribution in [0.15, 0.2) is 24.5 Å². The second-order valence-corrected chi connectivity index (χ2v) is 8.61. The maximum atomic E-state index is 15.5. The summed E-state index contributed by atoms with van der Waals surface area (Å²) in [4.78, 5) is 14.5. The average molecular weight is 445 g/mol. The van der Waals surface area contributed by atoms with Gasteiger partial charge in [-0.25, -0.2) is 18.7 Å². The summed E-state index contributed by atoms with van der Waals surface area (Å²) >= 11 is 0. The fourth-order valence-corrected chi connectivity index (χ4v) is 4.51. The van der Waals surface area contributed by atoms with E-state index in [9.17, 15) is 0 Å². The van der Waals surface area contributed by atoms with Crippen LogP contribution in [-0.2, 0) is 0 Å². The third kappa shape index (κ3) is 4.09. The molecule has 0 amide bonds. The lowest BCUT2D eigenvalue weighted by molar-refractivity contribution is 0.170. The van der Waals surface area contributed by atoms with Crippen LogP contribution in [0.5, 0.6) is 5.88 Å². The Hall–Kier alpha value is -2.94. The Balaban J connectivity index is 1.63. The molecule has 0 saturated carbocycles. The van der Waals surface area contributed by atoms with Gasteiger partial charge in [0, 0.05) is 50.4 Å². The number of aromatic nitrogens is 2. The predicted molar refractivity (Wildman–Crippen MR) is 123 cm³/mol. The summed E-state index contributed by atoms with van der Waals surface area (Å²) in [5.41, 5.74) is 7.13. The third-order valence-corrected chi connectivity index (χ3v) is 6.57. The van der Waals surface area contributed by atoms with Gasteiger partial charge in [-0.1, -0.05) is 6.08 Å². The molecule has 4 rings (SSSR count). The Morgan fingerprint density at radius 2 is 1.81 bits per heavy atom. The second-order valence-electron chi connectivity index (χ2n) is 8.61. The fraction of sp³-hybridized carbons (Fsp3) is 0.478. The van der Waals surface area contributed by atoms with Crippen molar-refractivity contribution in [2.45, 2.75) is 32.4 Å². The van der Waals surface area contributed by atoms with Gasteiger partial charge in [0.05, 0.1) is 24.0 Å². The molecule has 9 heteroatoms. The van der Waals surface area contributed by atoms with Crippen LogP contribution in [-0.4, -0.2) is 67.3 Å². The van der Waals surface area contributed by atoms with Gasteiger partial charge in [-0.2, -0.15) is 0 Å². The molecular weight excluding hydrogens is 414 g/mol. The van der Waals surface area contributed by atoms with E-state index in [1.165, 1.54) is 19.5 Å². The van der Waals surface area contributed by atoms with Crippen LogP contribution < -0.4 is 20.3 Å². The Morgan fingerprint density at radius 3 is 2.50 bits per heavy atom. The number of nitrogens with two attached hydrogens (primary N) is 1. The lowest BCUT2D eigenvalue weighted by Gasteiger charge is -2.44. The fourth-order valence-electron chi connectivity index (χ4n) is 4.51. The number of rotatable bonds is 4. The summed E-state index contributed by atoms with van der Waals surface area (Å²) in [6.45, 7) is 6.52. The molecule has 0 spiro atoms. The molecule has 7 nitrogen and oxygen atoms in total. The minimum absolute atomic E-state index is 0.00733. The standard InChI is InChI=1S/C23H30F2N6O/c1-14-10-31(11-15(2)29(14)3)18-8-17(24)21(22(25)23(18)26)16-6-5-7-30(12-16)19-9-20(32-4)28-13-27-19/h6,8-9,13-15H,5,7,10-12,26H2,1-4H3/t14-,15+. The number of nitrogens with zero attached hydrogens (tertiary/aromatic N) is 5. The molecule has 1 saturated heterocycles. The predicted octanol–water partition coefficient (Wildman–Crippen LogP) is 3.17. The number of piperazine rings is 1. The van der Waals surface area contributed by atoms with E-state index in [-0.39, 0.29) is 23.3 Å². The number of nitrogen functional groups attached to an aromatic ring is 1. The smallest absolute Gasteiger partial charge is 0.218 e. The Bertz CT molecular complexity index is 1020. The molecule has 32 heavy (non-hydrogen) atoms.